The van der Waals surface area contributed by atoms with E-state index in [1.54, 1.807) is 18.0 Å². The van der Waals surface area contributed by atoms with Gasteiger partial charge in [0.15, 0.2) is 6.61 Å². The summed E-state index contributed by atoms with van der Waals surface area (Å²) in [6.07, 6.45) is 3.62. The molecule has 0 spiro atoms. The van der Waals surface area contributed by atoms with Gasteiger partial charge in [-0.3, -0.25) is 4.79 Å². The molecule has 2 aromatic carbocycles. The summed E-state index contributed by atoms with van der Waals surface area (Å²) in [6.45, 7) is 1.81. The third-order valence-electron chi connectivity index (χ3n) is 3.06. The fourth-order valence-electron chi connectivity index (χ4n) is 1.91. The number of aryl methyl sites for hydroxylation is 1. The van der Waals surface area contributed by atoms with E-state index in [-0.39, 0.29) is 12.5 Å². The van der Waals surface area contributed by atoms with Gasteiger partial charge in [-0.25, -0.2) is 5.43 Å². The molecule has 0 unspecified atom stereocenters. The average molecular weight is 472 g/mol. The van der Waals surface area contributed by atoms with Gasteiger partial charge in [0.1, 0.15) is 5.75 Å². The average Bonchev–Trinajstić information content (AvgIpc) is 2.54. The van der Waals surface area contributed by atoms with Gasteiger partial charge in [0.25, 0.3) is 5.91 Å². The van der Waals surface area contributed by atoms with Crippen molar-refractivity contribution in [3.63, 3.8) is 0 Å². The Morgan fingerprint density at radius 2 is 2.00 bits per heavy atom. The molecule has 0 radical (unpaired) electrons. The Labute approximate surface area is 162 Å². The molecule has 1 N–H and O–H groups in total. The number of carbonyl (C=O) groups is 1. The Morgan fingerprint density at radius 1 is 1.29 bits per heavy atom. The van der Waals surface area contributed by atoms with E-state index >= 15 is 0 Å². The van der Waals surface area contributed by atoms with Gasteiger partial charge < -0.3 is 4.74 Å². The maximum atomic E-state index is 11.8. The number of halogens is 2. The summed E-state index contributed by atoms with van der Waals surface area (Å²) in [7, 11) is 0. The van der Waals surface area contributed by atoms with Crippen molar-refractivity contribution in [3.05, 3.63) is 56.5 Å². The Bertz CT molecular complexity index is 726. The number of hydrogen-bond acceptors (Lipinski definition) is 4. The van der Waals surface area contributed by atoms with Gasteiger partial charge in [-0.05, 0) is 64.5 Å². The Balaban J connectivity index is 1.86. The Hall–Kier alpha value is -1.31. The van der Waals surface area contributed by atoms with E-state index in [0.717, 1.165) is 20.1 Å². The van der Waals surface area contributed by atoms with E-state index in [9.17, 15) is 4.79 Å². The highest BCUT2D eigenvalue weighted by atomic mass is 79.9. The molecule has 0 saturated carbocycles. The van der Waals surface area contributed by atoms with Crippen LogP contribution in [0.4, 0.5) is 0 Å². The number of carbonyl (C=O) groups excluding carboxylic acids is 1. The second-order valence-corrected chi connectivity index (χ2v) is 7.54. The highest BCUT2D eigenvalue weighted by Gasteiger charge is 2.09. The molecule has 0 atom stereocenters. The molecule has 2 rings (SSSR count). The van der Waals surface area contributed by atoms with E-state index < -0.39 is 0 Å². The largest absolute Gasteiger partial charge is 0.482 e. The molecule has 0 aromatic heterocycles. The van der Waals surface area contributed by atoms with E-state index in [1.807, 2.05) is 49.6 Å². The summed E-state index contributed by atoms with van der Waals surface area (Å²) in [6, 6.07) is 11.7. The third kappa shape index (κ3) is 5.65. The quantitative estimate of drug-likeness (QED) is 0.375. The first-order chi connectivity index (χ1) is 11.5. The number of nitrogens with one attached hydrogen (secondary N) is 1. The van der Waals surface area contributed by atoms with Gasteiger partial charge in [0.2, 0.25) is 0 Å². The van der Waals surface area contributed by atoms with Crippen LogP contribution >= 0.6 is 43.6 Å². The van der Waals surface area contributed by atoms with Crippen LogP contribution in [0.1, 0.15) is 11.1 Å². The van der Waals surface area contributed by atoms with Crippen LogP contribution in [0.25, 0.3) is 0 Å². The van der Waals surface area contributed by atoms with Crippen molar-refractivity contribution in [1.29, 1.82) is 0 Å². The van der Waals surface area contributed by atoms with Crippen LogP contribution in [0.15, 0.2) is 55.3 Å². The van der Waals surface area contributed by atoms with Gasteiger partial charge in [0, 0.05) is 9.37 Å². The minimum atomic E-state index is -0.318. The third-order valence-corrected chi connectivity index (χ3v) is 4.85. The zero-order valence-electron chi connectivity index (χ0n) is 13.2. The van der Waals surface area contributed by atoms with Crippen molar-refractivity contribution in [3.8, 4) is 5.75 Å². The first-order valence-electron chi connectivity index (χ1n) is 7.04. The van der Waals surface area contributed by atoms with Gasteiger partial charge in [-0.1, -0.05) is 28.1 Å². The number of nitrogens with zero attached hydrogens (tertiary/aromatic N) is 1. The van der Waals surface area contributed by atoms with Crippen molar-refractivity contribution in [2.45, 2.75) is 11.8 Å². The van der Waals surface area contributed by atoms with Gasteiger partial charge in [0.05, 0.1) is 10.7 Å². The Morgan fingerprint density at radius 3 is 2.62 bits per heavy atom. The maximum Gasteiger partial charge on any atom is 0.277 e. The van der Waals surface area contributed by atoms with Crippen LogP contribution in [0.5, 0.6) is 5.75 Å². The number of thioether (sulfide) groups is 1. The molecule has 0 aliphatic heterocycles. The molecule has 7 heteroatoms. The lowest BCUT2D eigenvalue weighted by Crippen LogP contribution is -2.24. The van der Waals surface area contributed by atoms with E-state index in [1.165, 1.54) is 4.90 Å². The molecule has 0 aliphatic carbocycles. The summed E-state index contributed by atoms with van der Waals surface area (Å²) in [5.74, 6) is 0.325. The summed E-state index contributed by atoms with van der Waals surface area (Å²) >= 11 is 8.51. The number of hydrogen-bond donors (Lipinski definition) is 1. The molecule has 0 aliphatic rings. The van der Waals surface area contributed by atoms with Gasteiger partial charge >= 0.3 is 0 Å². The molecule has 1 amide bonds. The molecular formula is C17H16Br2N2O2S. The monoisotopic (exact) mass is 470 g/mol. The fourth-order valence-corrected chi connectivity index (χ4v) is 3.87. The van der Waals surface area contributed by atoms with Crippen molar-refractivity contribution in [2.75, 3.05) is 12.9 Å². The molecule has 4 nitrogen and oxygen atoms in total. The van der Waals surface area contributed by atoms with Gasteiger partial charge in [-0.2, -0.15) is 5.10 Å². The summed E-state index contributed by atoms with van der Waals surface area (Å²) < 4.78 is 7.30. The number of benzene rings is 2. The van der Waals surface area contributed by atoms with Crippen LogP contribution in [0.3, 0.4) is 0 Å². The highest BCUT2D eigenvalue weighted by molar-refractivity contribution is 9.11. The lowest BCUT2D eigenvalue weighted by atomic mass is 10.2. The summed E-state index contributed by atoms with van der Waals surface area (Å²) in [5.41, 5.74) is 4.31. The SMILES string of the molecule is CSc1ccc(/C=N/NC(=O)COc2c(C)cc(Br)cc2Br)cc1. The number of hydrazone groups is 1. The topological polar surface area (TPSA) is 50.7 Å². The van der Waals surface area contributed by atoms with E-state index in [0.29, 0.717) is 5.75 Å². The molecular weight excluding hydrogens is 456 g/mol. The zero-order valence-corrected chi connectivity index (χ0v) is 17.2. The standard InChI is InChI=1S/C17H16Br2N2O2S/c1-11-7-13(18)8-15(19)17(11)23-10-16(22)21-20-9-12-3-5-14(24-2)6-4-12/h3-9H,10H2,1-2H3,(H,21,22)/b20-9+. The predicted molar refractivity (Wildman–Crippen MR) is 106 cm³/mol. The van der Waals surface area contributed by atoms with Crippen LogP contribution in [0, 0.1) is 6.92 Å². The lowest BCUT2D eigenvalue weighted by Gasteiger charge is -2.10. The molecule has 24 heavy (non-hydrogen) atoms. The minimum Gasteiger partial charge on any atom is -0.482 e. The van der Waals surface area contributed by atoms with E-state index in [2.05, 4.69) is 42.4 Å². The smallest absolute Gasteiger partial charge is 0.277 e. The number of amides is 1. The fraction of sp³-hybridized carbons (Fsp3) is 0.176. The number of ether oxygens (including phenoxy) is 1. The summed E-state index contributed by atoms with van der Waals surface area (Å²) in [4.78, 5) is 13.0. The van der Waals surface area contributed by atoms with Crippen LogP contribution in [0.2, 0.25) is 0 Å². The first kappa shape index (κ1) is 19.0. The second kappa shape index (κ2) is 9.25. The first-order valence-corrected chi connectivity index (χ1v) is 9.85. The molecule has 126 valence electrons. The van der Waals surface area contributed by atoms with E-state index in [4.69, 9.17) is 4.74 Å². The Kier molecular flexibility index (Phi) is 7.33. The second-order valence-electron chi connectivity index (χ2n) is 4.89. The zero-order chi connectivity index (χ0) is 17.5. The van der Waals surface area contributed by atoms with Crippen molar-refractivity contribution in [2.24, 2.45) is 5.10 Å². The molecule has 0 saturated heterocycles. The molecule has 0 heterocycles. The number of rotatable bonds is 6. The van der Waals surface area contributed by atoms with Crippen molar-refractivity contribution in [1.82, 2.24) is 5.43 Å². The summed E-state index contributed by atoms with van der Waals surface area (Å²) in [5, 5.41) is 3.94. The highest BCUT2D eigenvalue weighted by Crippen LogP contribution is 2.32. The van der Waals surface area contributed by atoms with Crippen LogP contribution in [-0.4, -0.2) is 25.0 Å². The lowest BCUT2D eigenvalue weighted by molar-refractivity contribution is -0.123. The normalized spacial score (nSPS) is 10.8. The molecule has 0 fully saturated rings. The molecule has 0 bridgehead atoms. The van der Waals surface area contributed by atoms with Crippen molar-refractivity contribution >= 4 is 55.7 Å². The van der Waals surface area contributed by atoms with Crippen LogP contribution in [-0.2, 0) is 4.79 Å². The predicted octanol–water partition coefficient (Wildman–Crippen LogP) is 4.77. The maximum absolute atomic E-state index is 11.8. The van der Waals surface area contributed by atoms with Crippen molar-refractivity contribution < 1.29 is 9.53 Å². The minimum absolute atomic E-state index is 0.107. The van der Waals surface area contributed by atoms with Crippen LogP contribution < -0.4 is 10.2 Å². The molecule has 2 aromatic rings. The van der Waals surface area contributed by atoms with Gasteiger partial charge in [-0.15, -0.1) is 11.8 Å².